The Morgan fingerprint density at radius 1 is 0.333 bits per heavy atom. The first kappa shape index (κ1) is 36.3. The molecule has 18 heteroatoms. The Bertz CT molecular complexity index is 62.0. The monoisotopic (exact) mass is 288 g/mol. The van der Waals surface area contributed by atoms with Crippen molar-refractivity contribution in [3.05, 3.63) is 0 Å². The summed E-state index contributed by atoms with van der Waals surface area (Å²) in [4.78, 5) is 0. The molecule has 0 aromatic heterocycles. The van der Waals surface area contributed by atoms with Gasteiger partial charge in [0.1, 0.15) is 0 Å². The molecule has 18 heavy (non-hydrogen) atoms. The average molecular weight is 287 g/mol. The first-order chi connectivity index (χ1) is 6.93. The minimum atomic E-state index is -2.17. The minimum absolute atomic E-state index is 0. The summed E-state index contributed by atoms with van der Waals surface area (Å²) in [5.74, 6) is 0. The maximum absolute atomic E-state index is 7.17. The molecular weight excluding hydrogens is 274 g/mol. The molecule has 0 aromatic rings. The molecule has 0 rings (SSSR count). The fourth-order valence-corrected chi connectivity index (χ4v) is 0. The first-order valence-electron chi connectivity index (χ1n) is 3.10. The fourth-order valence-electron chi connectivity index (χ4n) is 0. The van der Waals surface area contributed by atoms with Crippen molar-refractivity contribution in [3.63, 3.8) is 0 Å². The molecule has 0 saturated carbocycles. The van der Waals surface area contributed by atoms with E-state index in [0.29, 0.717) is 0 Å². The smallest absolute Gasteiger partial charge is 0.870 e. The second kappa shape index (κ2) is 30.6. The van der Waals surface area contributed by atoms with Crippen LogP contribution in [0.5, 0.6) is 0 Å². The maximum Gasteiger partial charge on any atom is 1.00 e. The van der Waals surface area contributed by atoms with Crippen molar-refractivity contribution in [3.8, 4) is 0 Å². The van der Waals surface area contributed by atoms with Crippen LogP contribution in [-0.4, -0.2) is 95.0 Å². The van der Waals surface area contributed by atoms with Crippen LogP contribution in [0.4, 0.5) is 0 Å². The Labute approximate surface area is 125 Å². The van der Waals surface area contributed by atoms with E-state index in [1.165, 1.54) is 0 Å². The number of hydrogen-bond acceptors (Lipinski definition) is 13. The van der Waals surface area contributed by atoms with Gasteiger partial charge in [0.25, 0.3) is 0 Å². The van der Waals surface area contributed by atoms with Crippen LogP contribution in [-0.2, 0) is 0 Å². The third-order valence-electron chi connectivity index (χ3n) is 0. The summed E-state index contributed by atoms with van der Waals surface area (Å²) in [7, 11) is -8.67. The van der Waals surface area contributed by atoms with Crippen LogP contribution in [0, 0.1) is 0 Å². The van der Waals surface area contributed by atoms with Crippen molar-refractivity contribution in [2.45, 2.75) is 0 Å². The van der Waals surface area contributed by atoms with Crippen molar-refractivity contribution < 1.29 is 95.3 Å². The van der Waals surface area contributed by atoms with Gasteiger partial charge < -0.3 is 65.8 Å². The second-order valence-corrected chi connectivity index (χ2v) is 1.39. The summed E-state index contributed by atoms with van der Waals surface area (Å²) in [6, 6.07) is 0. The van der Waals surface area contributed by atoms with Crippen molar-refractivity contribution >= 4 is 29.3 Å². The third kappa shape index (κ3) is 7580. The van der Waals surface area contributed by atoms with Crippen molar-refractivity contribution in [2.24, 2.45) is 0 Å². The van der Waals surface area contributed by atoms with Crippen LogP contribution in [0.2, 0.25) is 0 Å². The zero-order chi connectivity index (χ0) is 14.3. The van der Waals surface area contributed by atoms with Gasteiger partial charge in [-0.15, -0.1) is 0 Å². The number of rotatable bonds is 0. The summed E-state index contributed by atoms with van der Waals surface area (Å²) >= 11 is 0. The molecule has 0 aliphatic rings. The standard InChI is InChI=1S/4BH3O3.Na.H2O/c4*2-1(3)4;;/h4*2-4H;;1H2/q;;;;+1;/p-1. The Hall–Kier alpha value is 0.740. The van der Waals surface area contributed by atoms with Gasteiger partial charge in [0.2, 0.25) is 0 Å². The molecule has 0 aliphatic heterocycles. The van der Waals surface area contributed by atoms with Crippen molar-refractivity contribution in [1.29, 1.82) is 0 Å². The summed E-state index contributed by atoms with van der Waals surface area (Å²) in [6.07, 6.45) is 0. The Morgan fingerprint density at radius 2 is 0.333 bits per heavy atom. The molecule has 0 bridgehead atoms. The van der Waals surface area contributed by atoms with Crippen LogP contribution in [0.3, 0.4) is 0 Å². The Kier molecular flexibility index (Phi) is 61.8. The molecule has 13 N–H and O–H groups in total. The van der Waals surface area contributed by atoms with Gasteiger partial charge in [-0.25, -0.2) is 0 Å². The molecule has 104 valence electrons. The molecule has 0 unspecified atom stereocenters. The summed E-state index contributed by atoms with van der Waals surface area (Å²) in [5, 5.41) is 86.0. The van der Waals surface area contributed by atoms with E-state index in [1.807, 2.05) is 0 Å². The molecule has 0 radical (unpaired) electrons. The largest absolute Gasteiger partial charge is 1.00 e. The van der Waals surface area contributed by atoms with Crippen LogP contribution in [0.25, 0.3) is 0 Å². The summed E-state index contributed by atoms with van der Waals surface area (Å²) in [5.41, 5.74) is 0. The van der Waals surface area contributed by atoms with Crippen LogP contribution in [0.15, 0.2) is 0 Å². The summed E-state index contributed by atoms with van der Waals surface area (Å²) in [6.45, 7) is 0. The van der Waals surface area contributed by atoms with E-state index in [-0.39, 0.29) is 35.0 Å². The SMILES string of the molecule is OB(O)O.OB(O)O.OB(O)O.OB(O)O.[Na+].[OH-]. The van der Waals surface area contributed by atoms with E-state index in [2.05, 4.69) is 0 Å². The van der Waals surface area contributed by atoms with Gasteiger partial charge in [-0.3, -0.25) is 0 Å². The second-order valence-electron chi connectivity index (χ2n) is 1.39. The predicted octanol–water partition coefficient (Wildman–Crippen LogP) is -11.4. The predicted molar refractivity (Wildman–Crippen MR) is 51.6 cm³/mol. The normalized spacial score (nSPS) is 6.00. The Morgan fingerprint density at radius 3 is 0.333 bits per heavy atom. The van der Waals surface area contributed by atoms with Gasteiger partial charge in [-0.05, 0) is 0 Å². The van der Waals surface area contributed by atoms with Gasteiger partial charge >= 0.3 is 58.8 Å². The molecule has 0 fully saturated rings. The van der Waals surface area contributed by atoms with Crippen molar-refractivity contribution in [1.82, 2.24) is 0 Å². The molecule has 0 atom stereocenters. The molecule has 0 aliphatic carbocycles. The Balaban J connectivity index is -0.0000000257. The van der Waals surface area contributed by atoms with Crippen molar-refractivity contribution in [2.75, 3.05) is 0 Å². The van der Waals surface area contributed by atoms with Crippen LogP contribution in [0.1, 0.15) is 0 Å². The summed E-state index contributed by atoms with van der Waals surface area (Å²) < 4.78 is 0. The van der Waals surface area contributed by atoms with Gasteiger partial charge in [0, 0.05) is 0 Å². The number of hydrogen-bond donors (Lipinski definition) is 12. The van der Waals surface area contributed by atoms with Gasteiger partial charge in [0.05, 0.1) is 0 Å². The van der Waals surface area contributed by atoms with Gasteiger partial charge in [-0.1, -0.05) is 0 Å². The molecule has 13 nitrogen and oxygen atoms in total. The average Bonchev–Trinajstić information content (AvgIpc) is 1.76. The van der Waals surface area contributed by atoms with E-state index in [0.717, 1.165) is 0 Å². The molecule has 0 amide bonds. The van der Waals surface area contributed by atoms with Crippen LogP contribution >= 0.6 is 0 Å². The van der Waals surface area contributed by atoms with Crippen LogP contribution < -0.4 is 29.6 Å². The fraction of sp³-hybridized carbons (Fsp3) is 0. The zero-order valence-corrected chi connectivity index (χ0v) is 11.1. The topological polar surface area (TPSA) is 273 Å². The van der Waals surface area contributed by atoms with E-state index in [9.17, 15) is 0 Å². The molecule has 0 saturated heterocycles. The zero-order valence-electron chi connectivity index (χ0n) is 9.12. The van der Waals surface area contributed by atoms with E-state index >= 15 is 0 Å². The van der Waals surface area contributed by atoms with Gasteiger partial charge in [0.15, 0.2) is 0 Å². The van der Waals surface area contributed by atoms with E-state index in [1.54, 1.807) is 0 Å². The third-order valence-corrected chi connectivity index (χ3v) is 0. The minimum Gasteiger partial charge on any atom is -0.870 e. The quantitative estimate of drug-likeness (QED) is 0.184. The van der Waals surface area contributed by atoms with Gasteiger partial charge in [-0.2, -0.15) is 0 Å². The van der Waals surface area contributed by atoms with E-state index < -0.39 is 29.3 Å². The maximum atomic E-state index is 7.17. The molecule has 0 heterocycles. The molecule has 0 spiro atoms. The molecule has 0 aromatic carbocycles. The first-order valence-corrected chi connectivity index (χ1v) is 3.10. The van der Waals surface area contributed by atoms with E-state index in [4.69, 9.17) is 60.3 Å². The molecular formula is H13B4NaO13.